The SMILES string of the molecule is Cc1cccn2nc(C3c4nc[nH]c4CCN3c3nnc(C(C)(C)C)o3)cc12. The zero-order chi connectivity index (χ0) is 19.5. The summed E-state index contributed by atoms with van der Waals surface area (Å²) in [4.78, 5) is 9.98. The molecular weight excluding hydrogens is 354 g/mol. The number of imidazole rings is 1. The molecule has 1 aliphatic heterocycles. The van der Waals surface area contributed by atoms with Crippen LogP contribution in [0.4, 0.5) is 6.01 Å². The van der Waals surface area contributed by atoms with Crippen molar-refractivity contribution in [3.63, 3.8) is 0 Å². The molecule has 1 atom stereocenters. The molecule has 1 unspecified atom stereocenters. The van der Waals surface area contributed by atoms with E-state index in [2.05, 4.69) is 64.9 Å². The Bertz CT molecular complexity index is 1150. The zero-order valence-corrected chi connectivity index (χ0v) is 16.5. The van der Waals surface area contributed by atoms with Gasteiger partial charge in [0.05, 0.1) is 23.2 Å². The lowest BCUT2D eigenvalue weighted by Gasteiger charge is -2.32. The number of aromatic amines is 1. The third-order valence-corrected chi connectivity index (χ3v) is 5.24. The standard InChI is InChI=1S/C20H23N7O/c1-12-6-5-8-27-15(12)10-14(25-27)17-16-13(21-11-22-16)7-9-26(17)19-24-23-18(28-19)20(2,3)4/h5-6,8,10-11,17H,7,9H2,1-4H3,(H,21,22). The van der Waals surface area contributed by atoms with E-state index in [1.165, 1.54) is 5.56 Å². The van der Waals surface area contributed by atoms with Crippen LogP contribution in [0.1, 0.15) is 55.3 Å². The van der Waals surface area contributed by atoms with Gasteiger partial charge in [0.25, 0.3) is 0 Å². The quantitative estimate of drug-likeness (QED) is 0.577. The number of anilines is 1. The molecule has 1 N–H and O–H groups in total. The molecule has 0 spiro atoms. The number of fused-ring (bicyclic) bond motifs is 2. The third-order valence-electron chi connectivity index (χ3n) is 5.24. The molecule has 144 valence electrons. The molecule has 4 aromatic heterocycles. The Hall–Kier alpha value is -3.16. The number of aryl methyl sites for hydroxylation is 1. The molecule has 5 heterocycles. The minimum absolute atomic E-state index is 0.178. The van der Waals surface area contributed by atoms with Crippen LogP contribution in [0.3, 0.4) is 0 Å². The maximum Gasteiger partial charge on any atom is 0.319 e. The van der Waals surface area contributed by atoms with E-state index >= 15 is 0 Å². The first-order valence-corrected chi connectivity index (χ1v) is 9.49. The van der Waals surface area contributed by atoms with Crippen LogP contribution in [-0.2, 0) is 11.8 Å². The van der Waals surface area contributed by atoms with Gasteiger partial charge in [-0.1, -0.05) is 31.9 Å². The molecule has 4 aromatic rings. The van der Waals surface area contributed by atoms with Crippen molar-refractivity contribution in [2.75, 3.05) is 11.4 Å². The number of hydrogen-bond acceptors (Lipinski definition) is 6. The Morgan fingerprint density at radius 1 is 1.25 bits per heavy atom. The second-order valence-electron chi connectivity index (χ2n) is 8.34. The van der Waals surface area contributed by atoms with Gasteiger partial charge in [-0.3, -0.25) is 0 Å². The normalized spacial score (nSPS) is 17.3. The van der Waals surface area contributed by atoms with E-state index in [-0.39, 0.29) is 11.5 Å². The lowest BCUT2D eigenvalue weighted by atomic mass is 9.97. The maximum absolute atomic E-state index is 6.06. The number of pyridine rings is 1. The monoisotopic (exact) mass is 377 g/mol. The summed E-state index contributed by atoms with van der Waals surface area (Å²) >= 11 is 0. The smallest absolute Gasteiger partial charge is 0.319 e. The van der Waals surface area contributed by atoms with Crippen molar-refractivity contribution in [3.8, 4) is 0 Å². The number of H-pyrrole nitrogens is 1. The number of aromatic nitrogens is 6. The van der Waals surface area contributed by atoms with Crippen LogP contribution in [0.15, 0.2) is 35.1 Å². The fourth-order valence-electron chi connectivity index (χ4n) is 3.73. The maximum atomic E-state index is 6.06. The average Bonchev–Trinajstić information content (AvgIpc) is 3.38. The fourth-order valence-corrected chi connectivity index (χ4v) is 3.73. The Balaban J connectivity index is 1.64. The highest BCUT2D eigenvalue weighted by Crippen LogP contribution is 2.37. The third kappa shape index (κ3) is 2.59. The molecule has 8 heteroatoms. The van der Waals surface area contributed by atoms with Crippen LogP contribution < -0.4 is 4.90 Å². The average molecular weight is 377 g/mol. The molecular formula is C20H23N7O. The van der Waals surface area contributed by atoms with Crippen LogP contribution in [0.5, 0.6) is 0 Å². The second kappa shape index (κ2) is 5.92. The summed E-state index contributed by atoms with van der Waals surface area (Å²) in [6.07, 6.45) is 4.55. The molecule has 28 heavy (non-hydrogen) atoms. The summed E-state index contributed by atoms with van der Waals surface area (Å²) in [5.74, 6) is 0.625. The van der Waals surface area contributed by atoms with Gasteiger partial charge in [0.2, 0.25) is 5.89 Å². The van der Waals surface area contributed by atoms with Crippen molar-refractivity contribution in [1.29, 1.82) is 0 Å². The molecule has 0 aliphatic carbocycles. The summed E-state index contributed by atoms with van der Waals surface area (Å²) in [5.41, 5.74) is 5.07. The van der Waals surface area contributed by atoms with Crippen LogP contribution in [0.2, 0.25) is 0 Å². The summed E-state index contributed by atoms with van der Waals surface area (Å²) < 4.78 is 7.97. The van der Waals surface area contributed by atoms with Gasteiger partial charge in [-0.15, -0.1) is 5.10 Å². The first kappa shape index (κ1) is 17.0. The van der Waals surface area contributed by atoms with E-state index in [4.69, 9.17) is 9.52 Å². The lowest BCUT2D eigenvalue weighted by Crippen LogP contribution is -2.37. The minimum Gasteiger partial charge on any atom is -0.407 e. The molecule has 0 aromatic carbocycles. The molecule has 0 amide bonds. The largest absolute Gasteiger partial charge is 0.407 e. The van der Waals surface area contributed by atoms with Crippen LogP contribution >= 0.6 is 0 Å². The van der Waals surface area contributed by atoms with Crippen molar-refractivity contribution in [3.05, 3.63) is 59.3 Å². The molecule has 0 fully saturated rings. The van der Waals surface area contributed by atoms with Crippen molar-refractivity contribution < 1.29 is 4.42 Å². The minimum atomic E-state index is -0.200. The Labute approximate surface area is 162 Å². The molecule has 0 saturated heterocycles. The van der Waals surface area contributed by atoms with Crippen molar-refractivity contribution in [2.24, 2.45) is 0 Å². The number of rotatable bonds is 2. The van der Waals surface area contributed by atoms with E-state index in [1.54, 1.807) is 6.33 Å². The molecule has 0 radical (unpaired) electrons. The molecule has 5 rings (SSSR count). The first-order chi connectivity index (χ1) is 13.4. The lowest BCUT2D eigenvalue weighted by molar-refractivity contribution is 0.385. The highest BCUT2D eigenvalue weighted by Gasteiger charge is 2.36. The predicted octanol–water partition coefficient (Wildman–Crippen LogP) is 3.20. The van der Waals surface area contributed by atoms with E-state index in [9.17, 15) is 0 Å². The van der Waals surface area contributed by atoms with Gasteiger partial charge in [-0.25, -0.2) is 9.50 Å². The Morgan fingerprint density at radius 2 is 2.11 bits per heavy atom. The molecule has 0 saturated carbocycles. The highest BCUT2D eigenvalue weighted by atomic mass is 16.4. The van der Waals surface area contributed by atoms with Gasteiger partial charge in [-0.05, 0) is 24.6 Å². The van der Waals surface area contributed by atoms with Gasteiger partial charge in [0.1, 0.15) is 6.04 Å². The highest BCUT2D eigenvalue weighted by molar-refractivity contribution is 5.57. The van der Waals surface area contributed by atoms with Gasteiger partial charge in [0, 0.05) is 30.3 Å². The van der Waals surface area contributed by atoms with Crippen LogP contribution in [0, 0.1) is 6.92 Å². The second-order valence-corrected chi connectivity index (χ2v) is 8.34. The van der Waals surface area contributed by atoms with E-state index in [0.717, 1.165) is 35.6 Å². The topological polar surface area (TPSA) is 88.1 Å². The van der Waals surface area contributed by atoms with Gasteiger partial charge < -0.3 is 14.3 Å². The van der Waals surface area contributed by atoms with Crippen molar-refractivity contribution in [2.45, 2.75) is 45.6 Å². The zero-order valence-electron chi connectivity index (χ0n) is 16.5. The molecule has 1 aliphatic rings. The number of nitrogens with zero attached hydrogens (tertiary/aromatic N) is 6. The van der Waals surface area contributed by atoms with E-state index in [0.29, 0.717) is 11.9 Å². The predicted molar refractivity (Wildman–Crippen MR) is 104 cm³/mol. The fraction of sp³-hybridized carbons (Fsp3) is 0.400. The number of hydrogen-bond donors (Lipinski definition) is 1. The van der Waals surface area contributed by atoms with E-state index < -0.39 is 0 Å². The summed E-state index contributed by atoms with van der Waals surface area (Å²) in [5, 5.41) is 13.5. The van der Waals surface area contributed by atoms with Crippen LogP contribution in [0.25, 0.3) is 5.52 Å². The van der Waals surface area contributed by atoms with Crippen molar-refractivity contribution in [1.82, 2.24) is 29.8 Å². The summed E-state index contributed by atoms with van der Waals surface area (Å²) in [6.45, 7) is 9.03. The van der Waals surface area contributed by atoms with Crippen LogP contribution in [-0.4, -0.2) is 36.3 Å². The molecule has 8 nitrogen and oxygen atoms in total. The summed E-state index contributed by atoms with van der Waals surface area (Å²) in [7, 11) is 0. The molecule has 0 bridgehead atoms. The van der Waals surface area contributed by atoms with Crippen molar-refractivity contribution >= 4 is 11.5 Å². The Morgan fingerprint density at radius 3 is 2.86 bits per heavy atom. The van der Waals surface area contributed by atoms with E-state index in [1.807, 2.05) is 16.8 Å². The van der Waals surface area contributed by atoms with Gasteiger partial charge >= 0.3 is 6.01 Å². The number of nitrogens with one attached hydrogen (secondary N) is 1. The summed E-state index contributed by atoms with van der Waals surface area (Å²) in [6, 6.07) is 6.55. The first-order valence-electron chi connectivity index (χ1n) is 9.49. The van der Waals surface area contributed by atoms with Gasteiger partial charge in [0.15, 0.2) is 0 Å². The Kier molecular flexibility index (Phi) is 3.59. The van der Waals surface area contributed by atoms with Gasteiger partial charge in [-0.2, -0.15) is 5.10 Å².